The maximum atomic E-state index is 11.4. The van der Waals surface area contributed by atoms with Crippen molar-refractivity contribution in [3.8, 4) is 0 Å². The fraction of sp³-hybridized carbons (Fsp3) is 0.889. The van der Waals surface area contributed by atoms with E-state index < -0.39 is 30.0 Å². The molecular weight excluding hydrogens is 492 g/mol. The summed E-state index contributed by atoms with van der Waals surface area (Å²) in [5.74, 6) is -3.23. The first kappa shape index (κ1) is 36.2. The molecule has 0 radical (unpaired) electrons. The van der Waals surface area contributed by atoms with Gasteiger partial charge in [-0.05, 0) is 65.2 Å². The fourth-order valence-electron chi connectivity index (χ4n) is 4.07. The van der Waals surface area contributed by atoms with Crippen LogP contribution >= 0.6 is 0 Å². The Hall–Kier alpha value is -1.79. The monoisotopic (exact) mass is 546 g/mol. The number of nitrogens with one attached hydrogen (secondary N) is 4. The minimum atomic E-state index is -1.16. The van der Waals surface area contributed by atoms with Crippen LogP contribution < -0.4 is 21.3 Å². The van der Waals surface area contributed by atoms with Gasteiger partial charge in [0.25, 0.3) is 0 Å². The van der Waals surface area contributed by atoms with Gasteiger partial charge in [-0.1, -0.05) is 51.4 Å². The Morgan fingerprint density at radius 3 is 1.71 bits per heavy atom. The van der Waals surface area contributed by atoms with E-state index >= 15 is 0 Å². The highest BCUT2D eigenvalue weighted by Gasteiger charge is 2.20. The van der Waals surface area contributed by atoms with Gasteiger partial charge in [-0.15, -0.1) is 0 Å². The van der Waals surface area contributed by atoms with Crippen LogP contribution in [0.5, 0.6) is 0 Å². The lowest BCUT2D eigenvalue weighted by Gasteiger charge is -2.18. The molecule has 0 bridgehead atoms. The number of unbranched alkanes of at least 4 members (excludes halogenated alkanes) is 9. The van der Waals surface area contributed by atoms with Crippen molar-refractivity contribution >= 4 is 17.9 Å². The zero-order valence-corrected chi connectivity index (χ0v) is 23.5. The number of rotatable bonds is 30. The molecule has 2 atom stereocenters. The van der Waals surface area contributed by atoms with Crippen LogP contribution in [-0.2, 0) is 19.1 Å². The third-order valence-electron chi connectivity index (χ3n) is 6.39. The molecule has 0 aromatic rings. The summed E-state index contributed by atoms with van der Waals surface area (Å²) in [6.45, 7) is 4.35. The molecule has 0 aliphatic heterocycles. The van der Waals surface area contributed by atoms with Gasteiger partial charge in [0.1, 0.15) is 12.1 Å². The molecule has 0 rings (SSSR count). The van der Waals surface area contributed by atoms with Crippen LogP contribution in [0.4, 0.5) is 0 Å². The van der Waals surface area contributed by atoms with Gasteiger partial charge in [0.15, 0.2) is 0 Å². The highest BCUT2D eigenvalue weighted by Crippen LogP contribution is 2.09. The van der Waals surface area contributed by atoms with E-state index in [1.807, 2.05) is 7.05 Å². The van der Waals surface area contributed by atoms with E-state index in [-0.39, 0.29) is 19.5 Å². The topological polar surface area (TPSA) is 169 Å². The molecule has 0 spiro atoms. The van der Waals surface area contributed by atoms with Crippen LogP contribution in [0.1, 0.15) is 96.3 Å². The molecule has 7 N–H and O–H groups in total. The lowest BCUT2D eigenvalue weighted by molar-refractivity contribution is -0.141. The quantitative estimate of drug-likeness (QED) is 0.0522. The van der Waals surface area contributed by atoms with Crippen molar-refractivity contribution < 1.29 is 34.4 Å². The van der Waals surface area contributed by atoms with E-state index in [1.54, 1.807) is 0 Å². The Balaban J connectivity index is 3.56. The molecule has 0 aromatic heterocycles. The lowest BCUT2D eigenvalue weighted by Crippen LogP contribution is -2.47. The zero-order chi connectivity index (χ0) is 28.3. The third kappa shape index (κ3) is 24.5. The number of hydrogen-bond acceptors (Lipinski definition) is 8. The summed E-state index contributed by atoms with van der Waals surface area (Å²) < 4.78 is 5.71. The van der Waals surface area contributed by atoms with Gasteiger partial charge in [0.2, 0.25) is 0 Å². The Morgan fingerprint density at radius 1 is 0.632 bits per heavy atom. The van der Waals surface area contributed by atoms with Crippen molar-refractivity contribution in [1.82, 2.24) is 21.3 Å². The first-order chi connectivity index (χ1) is 18.4. The van der Waals surface area contributed by atoms with E-state index in [0.717, 1.165) is 52.1 Å². The molecule has 11 nitrogen and oxygen atoms in total. The summed E-state index contributed by atoms with van der Waals surface area (Å²) in [7, 11) is 2.01. The Labute approximate surface area is 228 Å². The van der Waals surface area contributed by atoms with Gasteiger partial charge in [0, 0.05) is 26.3 Å². The standard InChI is InChI=1S/C27H54N4O7/c1-28-17-10-7-5-3-2-4-6-8-12-20-38-21-13-19-29-18-11-9-14-23(26(34)35)30-22-31-24(27(36)37)15-16-25(32)33/h23-24,28-31H,2-22H2,1H3,(H,32,33)(H,34,35)(H,36,37). The zero-order valence-electron chi connectivity index (χ0n) is 23.5. The molecule has 0 aliphatic carbocycles. The van der Waals surface area contributed by atoms with Crippen molar-refractivity contribution in [2.45, 2.75) is 108 Å². The molecule has 224 valence electrons. The molecule has 0 heterocycles. The van der Waals surface area contributed by atoms with Gasteiger partial charge in [-0.25, -0.2) is 0 Å². The van der Waals surface area contributed by atoms with E-state index in [9.17, 15) is 19.5 Å². The van der Waals surface area contributed by atoms with Gasteiger partial charge in [-0.2, -0.15) is 0 Å². The van der Waals surface area contributed by atoms with Crippen molar-refractivity contribution in [3.63, 3.8) is 0 Å². The summed E-state index contributed by atoms with van der Waals surface area (Å²) in [6, 6.07) is -1.84. The minimum absolute atomic E-state index is 0.0246. The Bertz CT molecular complexity index is 596. The smallest absolute Gasteiger partial charge is 0.320 e. The lowest BCUT2D eigenvalue weighted by atomic mass is 10.1. The average Bonchev–Trinajstić information content (AvgIpc) is 2.87. The number of aliphatic carboxylic acids is 3. The maximum Gasteiger partial charge on any atom is 0.320 e. The summed E-state index contributed by atoms with van der Waals surface area (Å²) in [6.07, 6.45) is 14.3. The average molecular weight is 547 g/mol. The molecule has 11 heteroatoms. The normalized spacial score (nSPS) is 12.9. The van der Waals surface area contributed by atoms with Crippen LogP contribution in [0.15, 0.2) is 0 Å². The molecule has 0 saturated heterocycles. The van der Waals surface area contributed by atoms with E-state index in [2.05, 4.69) is 21.3 Å². The molecule has 38 heavy (non-hydrogen) atoms. The van der Waals surface area contributed by atoms with Crippen LogP contribution in [0, 0.1) is 0 Å². The van der Waals surface area contributed by atoms with Gasteiger partial charge < -0.3 is 30.7 Å². The first-order valence-electron chi connectivity index (χ1n) is 14.5. The molecule has 0 saturated carbocycles. The SMILES string of the molecule is CNCCCCCCCCCCCOCCCNCCCCC(NCNC(CCC(=O)O)C(=O)O)C(=O)O. The highest BCUT2D eigenvalue weighted by molar-refractivity contribution is 5.75. The Morgan fingerprint density at radius 2 is 1.13 bits per heavy atom. The Kier molecular flexibility index (Phi) is 25.5. The summed E-state index contributed by atoms with van der Waals surface area (Å²) >= 11 is 0. The number of hydrogen-bond donors (Lipinski definition) is 7. The van der Waals surface area contributed by atoms with E-state index in [4.69, 9.17) is 14.9 Å². The van der Waals surface area contributed by atoms with Crippen LogP contribution in [0.3, 0.4) is 0 Å². The second-order valence-corrected chi connectivity index (χ2v) is 9.80. The van der Waals surface area contributed by atoms with Gasteiger partial charge in [0.05, 0.1) is 0 Å². The molecule has 0 amide bonds. The molecule has 0 aliphatic rings. The summed E-state index contributed by atoms with van der Waals surface area (Å²) in [5.41, 5.74) is 0. The minimum Gasteiger partial charge on any atom is -0.481 e. The van der Waals surface area contributed by atoms with Crippen molar-refractivity contribution in [3.05, 3.63) is 0 Å². The van der Waals surface area contributed by atoms with Crippen LogP contribution in [-0.4, -0.2) is 91.9 Å². The van der Waals surface area contributed by atoms with Crippen molar-refractivity contribution in [2.24, 2.45) is 0 Å². The van der Waals surface area contributed by atoms with Crippen LogP contribution in [0.2, 0.25) is 0 Å². The molecule has 0 fully saturated rings. The molecule has 2 unspecified atom stereocenters. The largest absolute Gasteiger partial charge is 0.481 e. The predicted octanol–water partition coefficient (Wildman–Crippen LogP) is 2.79. The van der Waals surface area contributed by atoms with E-state index in [1.165, 1.54) is 51.4 Å². The van der Waals surface area contributed by atoms with Crippen molar-refractivity contribution in [1.29, 1.82) is 0 Å². The number of carbonyl (C=O) groups is 3. The first-order valence-corrected chi connectivity index (χ1v) is 14.5. The molecule has 0 aromatic carbocycles. The van der Waals surface area contributed by atoms with Crippen LogP contribution in [0.25, 0.3) is 0 Å². The second kappa shape index (κ2) is 26.8. The number of carboxylic acids is 3. The maximum absolute atomic E-state index is 11.4. The second-order valence-electron chi connectivity index (χ2n) is 9.80. The fourth-order valence-corrected chi connectivity index (χ4v) is 4.07. The number of carboxylic acid groups (broad SMARTS) is 3. The van der Waals surface area contributed by atoms with Gasteiger partial charge in [-0.3, -0.25) is 25.0 Å². The predicted molar refractivity (Wildman–Crippen MR) is 148 cm³/mol. The molecular formula is C27H54N4O7. The van der Waals surface area contributed by atoms with E-state index in [0.29, 0.717) is 12.8 Å². The third-order valence-corrected chi connectivity index (χ3v) is 6.39. The summed E-state index contributed by atoms with van der Waals surface area (Å²) in [5, 5.41) is 39.2. The van der Waals surface area contributed by atoms with Gasteiger partial charge >= 0.3 is 17.9 Å². The van der Waals surface area contributed by atoms with Crippen molar-refractivity contribution in [2.75, 3.05) is 46.6 Å². The summed E-state index contributed by atoms with van der Waals surface area (Å²) in [4.78, 5) is 33.2. The highest BCUT2D eigenvalue weighted by atomic mass is 16.5. The number of ether oxygens (including phenoxy) is 1.